The van der Waals surface area contributed by atoms with E-state index in [0.29, 0.717) is 6.61 Å². The summed E-state index contributed by atoms with van der Waals surface area (Å²) < 4.78 is 20.9. The summed E-state index contributed by atoms with van der Waals surface area (Å²) in [6.45, 7) is 4.65. The molecule has 1 aliphatic rings. The molecule has 1 saturated heterocycles. The molecule has 2 atom stereocenters. The molecule has 0 aromatic heterocycles. The third kappa shape index (κ3) is 9.72. The smallest absolute Gasteiger partial charge is 0.434 e. The van der Waals surface area contributed by atoms with Gasteiger partial charge in [0.25, 0.3) is 0 Å². The van der Waals surface area contributed by atoms with Crippen LogP contribution in [-0.2, 0) is 18.9 Å². The van der Waals surface area contributed by atoms with Crippen molar-refractivity contribution in [2.75, 3.05) is 20.0 Å². The molecule has 0 aromatic rings. The molecule has 0 N–H and O–H groups in total. The number of carbonyl (C=O) groups is 1. The van der Waals surface area contributed by atoms with Gasteiger partial charge in [-0.05, 0) is 26.2 Å². The molecule has 0 amide bonds. The zero-order valence-corrected chi connectivity index (χ0v) is 15.9. The fraction of sp³-hybridized carbons (Fsp3) is 0.850. The Hall–Kier alpha value is -1.25. The van der Waals surface area contributed by atoms with Crippen LogP contribution in [0.3, 0.4) is 0 Å². The maximum absolute atomic E-state index is 11.5. The number of rotatable bonds is 13. The molecule has 1 aliphatic heterocycles. The van der Waals surface area contributed by atoms with Gasteiger partial charge in [-0.1, -0.05) is 57.8 Å². The average molecular weight is 354 g/mol. The molecule has 1 fully saturated rings. The van der Waals surface area contributed by atoms with Crippen molar-refractivity contribution in [1.82, 2.24) is 0 Å². The summed E-state index contributed by atoms with van der Waals surface area (Å²) in [5, 5.41) is 0. The van der Waals surface area contributed by atoms with Gasteiger partial charge < -0.3 is 18.9 Å². The van der Waals surface area contributed by atoms with Crippen LogP contribution in [0, 0.1) is 12.3 Å². The average Bonchev–Trinajstić information content (AvgIpc) is 2.99. The Morgan fingerprint density at radius 3 is 2.44 bits per heavy atom. The second kappa shape index (κ2) is 13.0. The van der Waals surface area contributed by atoms with Crippen LogP contribution in [0.4, 0.5) is 4.79 Å². The van der Waals surface area contributed by atoms with Gasteiger partial charge in [-0.25, -0.2) is 4.79 Å². The maximum Gasteiger partial charge on any atom is 0.510 e. The Bertz CT molecular complexity index is 403. The summed E-state index contributed by atoms with van der Waals surface area (Å²) in [7, 11) is 0. The summed E-state index contributed by atoms with van der Waals surface area (Å²) in [6, 6.07) is 0. The topological polar surface area (TPSA) is 54.0 Å². The Kier molecular flexibility index (Phi) is 11.3. The van der Waals surface area contributed by atoms with E-state index in [0.717, 1.165) is 25.7 Å². The quantitative estimate of drug-likeness (QED) is 0.205. The van der Waals surface area contributed by atoms with Crippen LogP contribution in [0.2, 0.25) is 0 Å². The van der Waals surface area contributed by atoms with Crippen LogP contribution in [0.1, 0.15) is 78.1 Å². The molecule has 0 aromatic carbocycles. The molecule has 0 spiro atoms. The zero-order chi connectivity index (χ0) is 18.4. The van der Waals surface area contributed by atoms with Crippen molar-refractivity contribution < 1.29 is 23.7 Å². The molecule has 1 heterocycles. The lowest BCUT2D eigenvalue weighted by atomic mass is 10.0. The van der Waals surface area contributed by atoms with E-state index in [9.17, 15) is 4.79 Å². The minimum atomic E-state index is -0.696. The molecule has 144 valence electrons. The molecule has 0 bridgehead atoms. The summed E-state index contributed by atoms with van der Waals surface area (Å²) in [4.78, 5) is 11.5. The van der Waals surface area contributed by atoms with Gasteiger partial charge in [0.15, 0.2) is 12.4 Å². The van der Waals surface area contributed by atoms with E-state index in [1.165, 1.54) is 38.5 Å². The Balaban J connectivity index is 1.93. The van der Waals surface area contributed by atoms with Crippen molar-refractivity contribution in [3.8, 4) is 12.3 Å². The molecule has 0 radical (unpaired) electrons. The van der Waals surface area contributed by atoms with Gasteiger partial charge in [0.2, 0.25) is 0 Å². The molecular weight excluding hydrogens is 320 g/mol. The lowest BCUT2D eigenvalue weighted by Gasteiger charge is -2.22. The zero-order valence-electron chi connectivity index (χ0n) is 15.9. The molecule has 1 rings (SSSR count). The number of unbranched alkanes of at least 4 members (excludes halogenated alkanes) is 7. The normalized spacial score (nSPS) is 22.5. The summed E-state index contributed by atoms with van der Waals surface area (Å²) >= 11 is 0. The fourth-order valence-corrected chi connectivity index (χ4v) is 2.92. The SMILES string of the molecule is C#CC1(COCOC(=O)OCCCCCCCCCC)CCC(C)O1. The predicted molar refractivity (Wildman–Crippen MR) is 97.2 cm³/mol. The maximum atomic E-state index is 11.5. The molecule has 0 aliphatic carbocycles. The standard InChI is InChI=1S/C20H34O5/c1-4-6-7-8-9-10-11-12-15-23-19(21)24-17-22-16-20(5-2)14-13-18(3)25-20/h2,18H,4,6-17H2,1,3H3. The predicted octanol–water partition coefficient (Wildman–Crippen LogP) is 4.83. The largest absolute Gasteiger partial charge is 0.510 e. The Morgan fingerprint density at radius 2 is 1.84 bits per heavy atom. The van der Waals surface area contributed by atoms with Crippen molar-refractivity contribution in [2.24, 2.45) is 0 Å². The van der Waals surface area contributed by atoms with Crippen LogP contribution in [-0.4, -0.2) is 37.9 Å². The van der Waals surface area contributed by atoms with Crippen LogP contribution in [0.25, 0.3) is 0 Å². The molecular formula is C20H34O5. The van der Waals surface area contributed by atoms with E-state index in [-0.39, 0.29) is 19.5 Å². The summed E-state index contributed by atoms with van der Waals surface area (Å²) in [5.74, 6) is 2.65. The van der Waals surface area contributed by atoms with E-state index in [1.807, 2.05) is 6.92 Å². The Labute approximate surface area is 152 Å². The monoisotopic (exact) mass is 354 g/mol. The van der Waals surface area contributed by atoms with Gasteiger partial charge in [0.1, 0.15) is 0 Å². The highest BCUT2D eigenvalue weighted by Gasteiger charge is 2.37. The first-order chi connectivity index (χ1) is 12.1. The van der Waals surface area contributed by atoms with Gasteiger partial charge in [-0.3, -0.25) is 0 Å². The fourth-order valence-electron chi connectivity index (χ4n) is 2.92. The van der Waals surface area contributed by atoms with Gasteiger partial charge in [0, 0.05) is 0 Å². The lowest BCUT2D eigenvalue weighted by Crippen LogP contribution is -2.33. The molecule has 2 unspecified atom stereocenters. The van der Waals surface area contributed by atoms with Crippen molar-refractivity contribution in [3.63, 3.8) is 0 Å². The Morgan fingerprint density at radius 1 is 1.16 bits per heavy atom. The minimum Gasteiger partial charge on any atom is -0.434 e. The first kappa shape index (κ1) is 21.8. The second-order valence-electron chi connectivity index (χ2n) is 6.79. The van der Waals surface area contributed by atoms with Gasteiger partial charge >= 0.3 is 6.16 Å². The van der Waals surface area contributed by atoms with E-state index in [2.05, 4.69) is 12.8 Å². The van der Waals surface area contributed by atoms with E-state index in [4.69, 9.17) is 25.4 Å². The molecule has 0 saturated carbocycles. The third-order valence-corrected chi connectivity index (χ3v) is 4.46. The van der Waals surface area contributed by atoms with E-state index < -0.39 is 11.8 Å². The molecule has 5 heteroatoms. The first-order valence-electron chi connectivity index (χ1n) is 9.65. The summed E-state index contributed by atoms with van der Waals surface area (Å²) in [6.07, 6.45) is 16.3. The van der Waals surface area contributed by atoms with Gasteiger partial charge in [-0.15, -0.1) is 6.42 Å². The third-order valence-electron chi connectivity index (χ3n) is 4.46. The van der Waals surface area contributed by atoms with Gasteiger partial charge in [0.05, 0.1) is 19.3 Å². The highest BCUT2D eigenvalue weighted by Crippen LogP contribution is 2.29. The van der Waals surface area contributed by atoms with Crippen LogP contribution >= 0.6 is 0 Å². The number of hydrogen-bond donors (Lipinski definition) is 0. The first-order valence-corrected chi connectivity index (χ1v) is 9.65. The number of carbonyl (C=O) groups excluding carboxylic acids is 1. The van der Waals surface area contributed by atoms with Crippen molar-refractivity contribution in [3.05, 3.63) is 0 Å². The number of terminal acetylenes is 1. The molecule has 25 heavy (non-hydrogen) atoms. The highest BCUT2D eigenvalue weighted by atomic mass is 16.8. The van der Waals surface area contributed by atoms with Gasteiger partial charge in [-0.2, -0.15) is 0 Å². The summed E-state index contributed by atoms with van der Waals surface area (Å²) in [5.41, 5.74) is -0.691. The highest BCUT2D eigenvalue weighted by molar-refractivity contribution is 5.59. The van der Waals surface area contributed by atoms with Crippen LogP contribution in [0.5, 0.6) is 0 Å². The molecule has 5 nitrogen and oxygen atoms in total. The van der Waals surface area contributed by atoms with Crippen molar-refractivity contribution in [2.45, 2.75) is 89.8 Å². The number of ether oxygens (including phenoxy) is 4. The van der Waals surface area contributed by atoms with Crippen LogP contribution in [0.15, 0.2) is 0 Å². The van der Waals surface area contributed by atoms with Crippen LogP contribution < -0.4 is 0 Å². The van der Waals surface area contributed by atoms with Crippen molar-refractivity contribution >= 4 is 6.16 Å². The number of hydrogen-bond acceptors (Lipinski definition) is 5. The minimum absolute atomic E-state index is 0.136. The lowest BCUT2D eigenvalue weighted by molar-refractivity contribution is -0.0998. The van der Waals surface area contributed by atoms with Crippen molar-refractivity contribution in [1.29, 1.82) is 0 Å². The second-order valence-corrected chi connectivity index (χ2v) is 6.79. The van der Waals surface area contributed by atoms with E-state index >= 15 is 0 Å². The van der Waals surface area contributed by atoms with E-state index in [1.54, 1.807) is 0 Å².